The fraction of sp³-hybridized carbons (Fsp3) is 0.900. The molecule has 0 bridgehead atoms. The third kappa shape index (κ3) is 3.19. The molecule has 2 rings (SSSR count). The van der Waals surface area contributed by atoms with Gasteiger partial charge in [-0.1, -0.05) is 0 Å². The summed E-state index contributed by atoms with van der Waals surface area (Å²) in [6.45, 7) is 4.80. The van der Waals surface area contributed by atoms with Crippen molar-refractivity contribution < 1.29 is 18.3 Å². The zero-order chi connectivity index (χ0) is 13.2. The molecule has 0 aromatic rings. The molecular formula is C10H19N3O4S. The second kappa shape index (κ2) is 5.52. The van der Waals surface area contributed by atoms with Crippen LogP contribution in [0, 0.1) is 0 Å². The van der Waals surface area contributed by atoms with Gasteiger partial charge in [-0.3, -0.25) is 9.69 Å². The van der Waals surface area contributed by atoms with Crippen LogP contribution in [0.4, 0.5) is 0 Å². The van der Waals surface area contributed by atoms with Gasteiger partial charge in [0.25, 0.3) is 0 Å². The predicted octanol–water partition coefficient (Wildman–Crippen LogP) is -1.62. The zero-order valence-corrected chi connectivity index (χ0v) is 11.0. The Morgan fingerprint density at radius 3 is 2.44 bits per heavy atom. The van der Waals surface area contributed by atoms with Crippen molar-refractivity contribution in [3.05, 3.63) is 0 Å². The average Bonchev–Trinajstić information content (AvgIpc) is 2.26. The summed E-state index contributed by atoms with van der Waals surface area (Å²) in [5.74, 6) is -1.37. The maximum atomic E-state index is 11.8. The quantitative estimate of drug-likeness (QED) is 0.628. The van der Waals surface area contributed by atoms with Crippen LogP contribution in [0.25, 0.3) is 0 Å². The molecule has 0 radical (unpaired) electrons. The van der Waals surface area contributed by atoms with E-state index in [2.05, 4.69) is 10.2 Å². The number of carboxylic acids is 1. The minimum absolute atomic E-state index is 0.295. The number of nitrogens with zero attached hydrogens (tertiary/aromatic N) is 2. The van der Waals surface area contributed by atoms with Gasteiger partial charge in [0.15, 0.2) is 0 Å². The third-order valence-corrected chi connectivity index (χ3v) is 5.27. The Kier molecular flexibility index (Phi) is 4.21. The second-order valence-corrected chi connectivity index (χ2v) is 6.80. The second-order valence-electron chi connectivity index (χ2n) is 4.72. The number of hydrogen-bond acceptors (Lipinski definition) is 5. The number of sulfonamides is 1. The summed E-state index contributed by atoms with van der Waals surface area (Å²) in [5.41, 5.74) is 0. The number of nitrogens with one attached hydrogen (secondary N) is 1. The highest BCUT2D eigenvalue weighted by atomic mass is 32.2. The van der Waals surface area contributed by atoms with Gasteiger partial charge in [0, 0.05) is 45.3 Å². The monoisotopic (exact) mass is 277 g/mol. The number of piperazine rings is 1. The average molecular weight is 277 g/mol. The van der Waals surface area contributed by atoms with Gasteiger partial charge in [-0.15, -0.1) is 0 Å². The molecule has 0 aromatic heterocycles. The molecule has 0 aliphatic carbocycles. The van der Waals surface area contributed by atoms with E-state index in [0.29, 0.717) is 19.1 Å². The van der Waals surface area contributed by atoms with Gasteiger partial charge < -0.3 is 10.4 Å². The molecule has 2 saturated heterocycles. The molecule has 2 heterocycles. The maximum Gasteiger partial charge on any atom is 0.304 e. The lowest BCUT2D eigenvalue weighted by atomic mass is 10.1. The molecule has 2 aliphatic rings. The number of carboxylic acid groups (broad SMARTS) is 1. The molecule has 2 aliphatic heterocycles. The Bertz CT molecular complexity index is 399. The third-order valence-electron chi connectivity index (χ3n) is 3.46. The topological polar surface area (TPSA) is 89.9 Å². The van der Waals surface area contributed by atoms with E-state index >= 15 is 0 Å². The highest BCUT2D eigenvalue weighted by Crippen LogP contribution is 2.19. The largest absolute Gasteiger partial charge is 0.481 e. The molecule has 8 heteroatoms. The van der Waals surface area contributed by atoms with Crippen LogP contribution in [0.1, 0.15) is 6.42 Å². The van der Waals surface area contributed by atoms with E-state index < -0.39 is 16.0 Å². The molecule has 0 unspecified atom stereocenters. The van der Waals surface area contributed by atoms with Gasteiger partial charge in [-0.2, -0.15) is 4.31 Å². The summed E-state index contributed by atoms with van der Waals surface area (Å²) < 4.78 is 24.9. The molecule has 0 saturated carbocycles. The van der Waals surface area contributed by atoms with E-state index in [4.69, 9.17) is 5.11 Å². The molecule has 104 valence electrons. The van der Waals surface area contributed by atoms with Gasteiger partial charge in [0.1, 0.15) is 0 Å². The molecule has 0 amide bonds. The van der Waals surface area contributed by atoms with Gasteiger partial charge in [-0.05, 0) is 0 Å². The lowest BCUT2D eigenvalue weighted by Crippen LogP contribution is -2.64. The molecule has 2 N–H and O–H groups in total. The molecule has 7 nitrogen and oxygen atoms in total. The summed E-state index contributed by atoms with van der Waals surface area (Å²) in [5, 5.41) is 11.8. The van der Waals surface area contributed by atoms with E-state index in [0.717, 1.165) is 26.2 Å². The SMILES string of the molecule is O=C(O)CCS(=O)(=O)N1CC(N2CCNCC2)C1. The first-order valence-corrected chi connectivity index (χ1v) is 7.74. The smallest absolute Gasteiger partial charge is 0.304 e. The van der Waals surface area contributed by atoms with Crippen molar-refractivity contribution in [2.75, 3.05) is 45.0 Å². The van der Waals surface area contributed by atoms with Crippen molar-refractivity contribution >= 4 is 16.0 Å². The number of rotatable bonds is 5. The summed E-state index contributed by atoms with van der Waals surface area (Å²) in [6.07, 6.45) is -0.322. The Labute approximate surface area is 107 Å². The van der Waals surface area contributed by atoms with E-state index in [1.165, 1.54) is 4.31 Å². The van der Waals surface area contributed by atoms with Crippen LogP contribution in [0.15, 0.2) is 0 Å². The molecule has 0 atom stereocenters. The molecule has 0 spiro atoms. The summed E-state index contributed by atoms with van der Waals surface area (Å²) in [7, 11) is -3.38. The van der Waals surface area contributed by atoms with E-state index in [9.17, 15) is 13.2 Å². The minimum Gasteiger partial charge on any atom is -0.481 e. The number of aliphatic carboxylic acids is 1. The van der Waals surface area contributed by atoms with E-state index in [1.807, 2.05) is 0 Å². The van der Waals surface area contributed by atoms with Gasteiger partial charge in [0.05, 0.1) is 12.2 Å². The fourth-order valence-corrected chi connectivity index (χ4v) is 3.76. The van der Waals surface area contributed by atoms with Gasteiger partial charge in [-0.25, -0.2) is 8.42 Å². The van der Waals surface area contributed by atoms with Crippen LogP contribution in [-0.4, -0.2) is 79.8 Å². The van der Waals surface area contributed by atoms with Crippen LogP contribution in [0.3, 0.4) is 0 Å². The van der Waals surface area contributed by atoms with Crippen LogP contribution in [0.5, 0.6) is 0 Å². The first-order valence-electron chi connectivity index (χ1n) is 6.13. The highest BCUT2D eigenvalue weighted by Gasteiger charge is 2.38. The zero-order valence-electron chi connectivity index (χ0n) is 10.2. The van der Waals surface area contributed by atoms with Crippen LogP contribution >= 0.6 is 0 Å². The van der Waals surface area contributed by atoms with Crippen molar-refractivity contribution in [2.45, 2.75) is 12.5 Å². The standard InChI is InChI=1S/C10H19N3O4S/c14-10(15)1-6-18(16,17)13-7-9(8-13)12-4-2-11-3-5-12/h9,11H,1-8H2,(H,14,15). The Morgan fingerprint density at radius 1 is 1.28 bits per heavy atom. The van der Waals surface area contributed by atoms with Crippen LogP contribution in [0.2, 0.25) is 0 Å². The maximum absolute atomic E-state index is 11.8. The Hall–Kier alpha value is -0.700. The lowest BCUT2D eigenvalue weighted by molar-refractivity contribution is -0.136. The minimum atomic E-state index is -3.38. The van der Waals surface area contributed by atoms with Crippen molar-refractivity contribution in [3.63, 3.8) is 0 Å². The summed E-state index contributed by atoms with van der Waals surface area (Å²) in [4.78, 5) is 12.7. The van der Waals surface area contributed by atoms with E-state index in [-0.39, 0.29) is 12.2 Å². The first kappa shape index (κ1) is 13.7. The normalized spacial score (nSPS) is 23.8. The fourth-order valence-electron chi connectivity index (χ4n) is 2.27. The van der Waals surface area contributed by atoms with Gasteiger partial charge >= 0.3 is 5.97 Å². The first-order chi connectivity index (χ1) is 8.49. The van der Waals surface area contributed by atoms with Crippen LogP contribution < -0.4 is 5.32 Å². The predicted molar refractivity (Wildman–Crippen MR) is 65.8 cm³/mol. The van der Waals surface area contributed by atoms with Crippen molar-refractivity contribution in [1.82, 2.24) is 14.5 Å². The van der Waals surface area contributed by atoms with Gasteiger partial charge in [0.2, 0.25) is 10.0 Å². The van der Waals surface area contributed by atoms with Crippen molar-refractivity contribution in [2.24, 2.45) is 0 Å². The number of hydrogen-bond donors (Lipinski definition) is 2. The molecule has 18 heavy (non-hydrogen) atoms. The summed E-state index contributed by atoms with van der Waals surface area (Å²) in [6, 6.07) is 0.298. The Morgan fingerprint density at radius 2 is 1.89 bits per heavy atom. The van der Waals surface area contributed by atoms with Crippen molar-refractivity contribution in [3.8, 4) is 0 Å². The summed E-state index contributed by atoms with van der Waals surface area (Å²) >= 11 is 0. The van der Waals surface area contributed by atoms with Crippen molar-refractivity contribution in [1.29, 1.82) is 0 Å². The lowest BCUT2D eigenvalue weighted by Gasteiger charge is -2.45. The highest BCUT2D eigenvalue weighted by molar-refractivity contribution is 7.89. The molecule has 0 aromatic carbocycles. The Balaban J connectivity index is 1.78. The molecular weight excluding hydrogens is 258 g/mol. The molecule has 2 fully saturated rings. The van der Waals surface area contributed by atoms with Crippen LogP contribution in [-0.2, 0) is 14.8 Å². The number of carbonyl (C=O) groups is 1. The van der Waals surface area contributed by atoms with E-state index in [1.54, 1.807) is 0 Å².